The molecule has 0 N–H and O–H groups in total. The summed E-state index contributed by atoms with van der Waals surface area (Å²) in [6, 6.07) is 0. The Morgan fingerprint density at radius 1 is 0.727 bits per heavy atom. The van der Waals surface area contributed by atoms with E-state index in [-0.39, 0.29) is 5.97 Å². The number of allylic oxidation sites excluding steroid dienone is 3. The Morgan fingerprint density at radius 3 is 1.68 bits per heavy atom. The second-order valence-electron chi connectivity index (χ2n) is 5.91. The minimum absolute atomic E-state index is 0.189. The van der Waals surface area contributed by atoms with Crippen molar-refractivity contribution in [3.05, 3.63) is 24.3 Å². The fourth-order valence-corrected chi connectivity index (χ4v) is 2.32. The van der Waals surface area contributed by atoms with E-state index in [2.05, 4.69) is 31.2 Å². The number of hydrogen-bond donors (Lipinski definition) is 0. The average molecular weight is 309 g/mol. The number of unbranched alkanes of at least 4 members (excludes halogenated alkanes) is 9. The first-order valence-corrected chi connectivity index (χ1v) is 9.20. The van der Waals surface area contributed by atoms with Gasteiger partial charge in [-0.05, 0) is 38.5 Å². The minimum Gasteiger partial charge on any atom is -0.466 e. The highest BCUT2D eigenvalue weighted by molar-refractivity contribution is 5.65. The quantitative estimate of drug-likeness (QED) is 0.200. The van der Waals surface area contributed by atoms with Gasteiger partial charge in [-0.15, -0.1) is 0 Å². The lowest BCUT2D eigenvalue weighted by atomic mass is 10.1. The molecular weight excluding hydrogens is 272 g/mol. The molecule has 0 aromatic carbocycles. The van der Waals surface area contributed by atoms with Gasteiger partial charge in [-0.25, -0.2) is 0 Å². The van der Waals surface area contributed by atoms with Crippen molar-refractivity contribution in [2.24, 2.45) is 0 Å². The van der Waals surface area contributed by atoms with Crippen molar-refractivity contribution in [1.29, 1.82) is 0 Å². The summed E-state index contributed by atoms with van der Waals surface area (Å²) < 4.78 is 4.87. The van der Waals surface area contributed by atoms with Gasteiger partial charge < -0.3 is 4.74 Å². The van der Waals surface area contributed by atoms with E-state index in [1.807, 2.05) is 0 Å². The minimum atomic E-state index is -0.189. The summed E-state index contributed by atoms with van der Waals surface area (Å²) in [7, 11) is 0. The predicted octanol–water partition coefficient (Wildman–Crippen LogP) is 6.36. The molecule has 0 spiro atoms. The Balaban J connectivity index is 3.11. The second kappa shape index (κ2) is 18.0. The maximum atomic E-state index is 10.6. The van der Waals surface area contributed by atoms with E-state index in [0.29, 0.717) is 6.61 Å². The molecule has 0 aromatic heterocycles. The van der Waals surface area contributed by atoms with Crippen LogP contribution < -0.4 is 0 Å². The summed E-state index contributed by atoms with van der Waals surface area (Å²) >= 11 is 0. The van der Waals surface area contributed by atoms with Gasteiger partial charge in [-0.3, -0.25) is 4.79 Å². The van der Waals surface area contributed by atoms with Crippen LogP contribution in [0.2, 0.25) is 0 Å². The van der Waals surface area contributed by atoms with Gasteiger partial charge in [0, 0.05) is 6.92 Å². The maximum absolute atomic E-state index is 10.6. The zero-order chi connectivity index (χ0) is 16.3. The normalized spacial score (nSPS) is 11.5. The van der Waals surface area contributed by atoms with Gasteiger partial charge in [0.05, 0.1) is 6.61 Å². The van der Waals surface area contributed by atoms with Gasteiger partial charge >= 0.3 is 5.97 Å². The van der Waals surface area contributed by atoms with Crippen LogP contribution in [-0.4, -0.2) is 12.6 Å². The molecule has 0 aliphatic heterocycles. The van der Waals surface area contributed by atoms with Gasteiger partial charge in [-0.2, -0.15) is 0 Å². The van der Waals surface area contributed by atoms with Crippen LogP contribution in [0.3, 0.4) is 0 Å². The largest absolute Gasteiger partial charge is 0.466 e. The number of esters is 1. The molecule has 0 unspecified atom stereocenters. The highest BCUT2D eigenvalue weighted by atomic mass is 16.5. The van der Waals surface area contributed by atoms with Crippen LogP contribution in [0.15, 0.2) is 24.3 Å². The van der Waals surface area contributed by atoms with Gasteiger partial charge in [-0.1, -0.05) is 69.8 Å². The van der Waals surface area contributed by atoms with E-state index in [4.69, 9.17) is 4.74 Å². The van der Waals surface area contributed by atoms with Crippen LogP contribution in [0.5, 0.6) is 0 Å². The number of hydrogen-bond acceptors (Lipinski definition) is 2. The summed E-state index contributed by atoms with van der Waals surface area (Å²) in [5.41, 5.74) is 0. The zero-order valence-electron chi connectivity index (χ0n) is 14.8. The monoisotopic (exact) mass is 308 g/mol. The summed E-state index contributed by atoms with van der Waals surface area (Å²) in [4.78, 5) is 10.6. The molecule has 0 aliphatic rings. The predicted molar refractivity (Wildman–Crippen MR) is 96.0 cm³/mol. The van der Waals surface area contributed by atoms with Crippen LogP contribution in [-0.2, 0) is 9.53 Å². The van der Waals surface area contributed by atoms with E-state index in [1.165, 1.54) is 71.1 Å². The summed E-state index contributed by atoms with van der Waals surface area (Å²) in [5, 5.41) is 0. The molecule has 2 nitrogen and oxygen atoms in total. The molecule has 0 fully saturated rings. The number of carbonyl (C=O) groups is 1. The van der Waals surface area contributed by atoms with Crippen molar-refractivity contribution >= 4 is 5.97 Å². The molecule has 2 heteroatoms. The zero-order valence-corrected chi connectivity index (χ0v) is 14.8. The second-order valence-corrected chi connectivity index (χ2v) is 5.91. The molecule has 0 amide bonds. The Hall–Kier alpha value is -1.05. The van der Waals surface area contributed by atoms with Crippen LogP contribution in [0.25, 0.3) is 0 Å². The molecule has 22 heavy (non-hydrogen) atoms. The first-order chi connectivity index (χ1) is 10.8. The van der Waals surface area contributed by atoms with Gasteiger partial charge in [0.1, 0.15) is 0 Å². The van der Waals surface area contributed by atoms with E-state index in [0.717, 1.165) is 12.8 Å². The topological polar surface area (TPSA) is 26.3 Å². The molecule has 128 valence electrons. The summed E-state index contributed by atoms with van der Waals surface area (Å²) in [6.45, 7) is 4.19. The van der Waals surface area contributed by atoms with Crippen molar-refractivity contribution in [2.45, 2.75) is 90.9 Å². The lowest BCUT2D eigenvalue weighted by molar-refractivity contribution is -0.140. The third-order valence-corrected chi connectivity index (χ3v) is 3.62. The molecule has 0 atom stereocenters. The highest BCUT2D eigenvalue weighted by Crippen LogP contribution is 2.10. The molecule has 0 heterocycles. The Bertz CT molecular complexity index is 292. The molecule has 0 saturated heterocycles. The van der Waals surface area contributed by atoms with E-state index in [9.17, 15) is 4.79 Å². The van der Waals surface area contributed by atoms with Crippen molar-refractivity contribution < 1.29 is 9.53 Å². The van der Waals surface area contributed by atoms with Crippen LogP contribution >= 0.6 is 0 Å². The number of rotatable bonds is 15. The maximum Gasteiger partial charge on any atom is 0.302 e. The first kappa shape index (κ1) is 20.9. The van der Waals surface area contributed by atoms with Crippen molar-refractivity contribution in [2.75, 3.05) is 6.61 Å². The molecule has 0 aromatic rings. The standard InChI is InChI=1S/C20H36O2/c1-3-4-5-6-7-8-9-10-11-12-13-14-15-16-17-18-19-22-20(2)21/h5-6,16-17H,3-4,7-15,18-19H2,1-2H3/b6-5-,17-16-. The molecule has 0 rings (SSSR count). The van der Waals surface area contributed by atoms with E-state index < -0.39 is 0 Å². The molecule has 0 aliphatic carbocycles. The Kier molecular flexibility index (Phi) is 17.1. The fourth-order valence-electron chi connectivity index (χ4n) is 2.32. The number of carbonyl (C=O) groups excluding carboxylic acids is 1. The highest BCUT2D eigenvalue weighted by Gasteiger charge is 1.91. The Morgan fingerprint density at radius 2 is 1.18 bits per heavy atom. The third-order valence-electron chi connectivity index (χ3n) is 3.62. The third kappa shape index (κ3) is 18.9. The van der Waals surface area contributed by atoms with Crippen molar-refractivity contribution in [1.82, 2.24) is 0 Å². The van der Waals surface area contributed by atoms with Crippen LogP contribution in [0.1, 0.15) is 90.9 Å². The smallest absolute Gasteiger partial charge is 0.302 e. The molecule has 0 bridgehead atoms. The SMILES string of the molecule is CCC/C=C\CCCCCCCCC/C=C\CCOC(C)=O. The lowest BCUT2D eigenvalue weighted by Crippen LogP contribution is -1.98. The van der Waals surface area contributed by atoms with Crippen LogP contribution in [0.4, 0.5) is 0 Å². The van der Waals surface area contributed by atoms with E-state index in [1.54, 1.807) is 0 Å². The molecule has 0 saturated carbocycles. The van der Waals surface area contributed by atoms with Gasteiger partial charge in [0.25, 0.3) is 0 Å². The summed E-state index contributed by atoms with van der Waals surface area (Å²) in [5.74, 6) is -0.189. The summed E-state index contributed by atoms with van der Waals surface area (Å²) in [6.07, 6.45) is 24.2. The van der Waals surface area contributed by atoms with E-state index >= 15 is 0 Å². The van der Waals surface area contributed by atoms with Crippen LogP contribution in [0, 0.1) is 0 Å². The van der Waals surface area contributed by atoms with Gasteiger partial charge in [0.2, 0.25) is 0 Å². The van der Waals surface area contributed by atoms with Crippen molar-refractivity contribution in [3.8, 4) is 0 Å². The Labute approximate surface area is 138 Å². The lowest BCUT2D eigenvalue weighted by Gasteiger charge is -2.00. The number of ether oxygens (including phenoxy) is 1. The molecular formula is C20H36O2. The molecule has 0 radical (unpaired) electrons. The van der Waals surface area contributed by atoms with Gasteiger partial charge in [0.15, 0.2) is 0 Å². The first-order valence-electron chi connectivity index (χ1n) is 9.20. The fraction of sp³-hybridized carbons (Fsp3) is 0.750. The van der Waals surface area contributed by atoms with Crippen molar-refractivity contribution in [3.63, 3.8) is 0 Å². The average Bonchev–Trinajstić information content (AvgIpc) is 2.50.